The van der Waals surface area contributed by atoms with Gasteiger partial charge in [0.15, 0.2) is 0 Å². The van der Waals surface area contributed by atoms with Gasteiger partial charge in [-0.25, -0.2) is 9.59 Å². The van der Waals surface area contributed by atoms with Crippen LogP contribution in [0.1, 0.15) is 19.8 Å². The van der Waals surface area contributed by atoms with Gasteiger partial charge in [0, 0.05) is 17.3 Å². The highest BCUT2D eigenvalue weighted by Crippen LogP contribution is 2.32. The van der Waals surface area contributed by atoms with Crippen molar-refractivity contribution in [2.45, 2.75) is 31.2 Å². The van der Waals surface area contributed by atoms with Gasteiger partial charge >= 0.3 is 12.0 Å². The first-order valence-corrected chi connectivity index (χ1v) is 7.54. The Balaban J connectivity index is 2.11. The molecule has 1 fully saturated rings. The van der Waals surface area contributed by atoms with Gasteiger partial charge < -0.3 is 5.11 Å². The van der Waals surface area contributed by atoms with Crippen molar-refractivity contribution >= 4 is 40.4 Å². The number of nitrogens with zero attached hydrogens (tertiary/aromatic N) is 4. The molecule has 0 aliphatic carbocycles. The molecule has 2 unspecified atom stereocenters. The minimum Gasteiger partial charge on any atom is -0.480 e. The summed E-state index contributed by atoms with van der Waals surface area (Å²) in [6, 6.07) is -1.27. The van der Waals surface area contributed by atoms with Crippen molar-refractivity contribution in [3.05, 3.63) is 0 Å². The molecule has 1 aliphatic heterocycles. The number of aromatic nitrogens is 3. The molecule has 10 heteroatoms. The molecule has 2 amide bonds. The van der Waals surface area contributed by atoms with E-state index in [1.165, 1.54) is 16.7 Å². The number of rotatable bonds is 4. The van der Waals surface area contributed by atoms with Crippen molar-refractivity contribution in [3.63, 3.8) is 0 Å². The van der Waals surface area contributed by atoms with Gasteiger partial charge in [0.1, 0.15) is 6.04 Å². The van der Waals surface area contributed by atoms with Crippen molar-refractivity contribution in [1.82, 2.24) is 19.7 Å². The number of amides is 2. The van der Waals surface area contributed by atoms with Gasteiger partial charge in [-0.2, -0.15) is 0 Å². The van der Waals surface area contributed by atoms with E-state index in [2.05, 4.69) is 20.1 Å². The average molecular weight is 303 g/mol. The summed E-state index contributed by atoms with van der Waals surface area (Å²) in [6.07, 6.45) is 1.64. The number of nitrogens with one attached hydrogen (secondary N) is 1. The largest absolute Gasteiger partial charge is 0.480 e. The molecule has 2 heterocycles. The fraction of sp³-hybridized carbons (Fsp3) is 0.667. The zero-order chi connectivity index (χ0) is 13.8. The molecule has 1 aromatic rings. The summed E-state index contributed by atoms with van der Waals surface area (Å²) in [6.45, 7) is 2.00. The molecule has 0 spiro atoms. The first kappa shape index (κ1) is 14.0. The van der Waals surface area contributed by atoms with Crippen LogP contribution < -0.4 is 5.32 Å². The molecule has 1 aromatic heterocycles. The summed E-state index contributed by atoms with van der Waals surface area (Å²) in [4.78, 5) is 24.7. The molecule has 2 N–H and O–H groups in total. The molecule has 19 heavy (non-hydrogen) atoms. The predicted octanol–water partition coefficient (Wildman–Crippen LogP) is 1.09. The normalized spacial score (nSPS) is 22.5. The van der Waals surface area contributed by atoms with E-state index in [9.17, 15) is 14.7 Å². The molecular formula is C9H13N5O3S2. The highest BCUT2D eigenvalue weighted by atomic mass is 32.2. The van der Waals surface area contributed by atoms with Gasteiger partial charge in [-0.1, -0.05) is 22.9 Å². The van der Waals surface area contributed by atoms with Crippen LogP contribution in [-0.2, 0) is 4.79 Å². The van der Waals surface area contributed by atoms with E-state index in [-0.39, 0.29) is 10.5 Å². The van der Waals surface area contributed by atoms with Gasteiger partial charge in [-0.3, -0.25) is 10.2 Å². The zero-order valence-corrected chi connectivity index (χ0v) is 11.8. The second kappa shape index (κ2) is 6.15. The lowest BCUT2D eigenvalue weighted by Crippen LogP contribution is -2.47. The van der Waals surface area contributed by atoms with Crippen molar-refractivity contribution in [2.24, 2.45) is 0 Å². The summed E-state index contributed by atoms with van der Waals surface area (Å²) >= 11 is 2.44. The maximum Gasteiger partial charge on any atom is 0.327 e. The third-order valence-corrected chi connectivity index (χ3v) is 4.53. The van der Waals surface area contributed by atoms with E-state index < -0.39 is 18.0 Å². The molecule has 2 atom stereocenters. The van der Waals surface area contributed by atoms with Crippen molar-refractivity contribution in [2.75, 3.05) is 11.1 Å². The zero-order valence-electron chi connectivity index (χ0n) is 10.1. The Hall–Kier alpha value is -1.42. The Morgan fingerprint density at radius 2 is 2.37 bits per heavy atom. The average Bonchev–Trinajstić information content (AvgIpc) is 2.98. The van der Waals surface area contributed by atoms with E-state index in [1.807, 2.05) is 6.92 Å². The Morgan fingerprint density at radius 3 is 2.95 bits per heavy atom. The predicted molar refractivity (Wildman–Crippen MR) is 71.1 cm³/mol. The number of carbonyl (C=O) groups is 2. The maximum absolute atomic E-state index is 12.2. The summed E-state index contributed by atoms with van der Waals surface area (Å²) < 4.78 is 3.54. The number of hydrogen-bond donors (Lipinski definition) is 2. The van der Waals surface area contributed by atoms with Gasteiger partial charge in [-0.15, -0.1) is 11.8 Å². The molecule has 0 bridgehead atoms. The highest BCUT2D eigenvalue weighted by Gasteiger charge is 2.41. The first-order valence-electron chi connectivity index (χ1n) is 5.72. The molecule has 8 nitrogen and oxygen atoms in total. The Kier molecular flexibility index (Phi) is 4.53. The third kappa shape index (κ3) is 3.13. The number of carboxylic acids is 1. The molecule has 0 saturated carbocycles. The molecule has 0 radical (unpaired) electrons. The van der Waals surface area contributed by atoms with Crippen LogP contribution in [0.4, 0.5) is 9.93 Å². The molecule has 0 aromatic carbocycles. The number of thioether (sulfide) groups is 1. The summed E-state index contributed by atoms with van der Waals surface area (Å²) in [5.74, 6) is -0.585. The molecule has 2 rings (SSSR count). The first-order chi connectivity index (χ1) is 9.13. The monoisotopic (exact) mass is 303 g/mol. The lowest BCUT2D eigenvalue weighted by molar-refractivity contribution is -0.141. The lowest BCUT2D eigenvalue weighted by atomic mass is 10.2. The molecule has 1 saturated heterocycles. The third-order valence-electron chi connectivity index (χ3n) is 2.66. The van der Waals surface area contributed by atoms with Gasteiger partial charge in [0.05, 0.1) is 5.37 Å². The van der Waals surface area contributed by atoms with Crippen LogP contribution in [0.2, 0.25) is 0 Å². The van der Waals surface area contributed by atoms with E-state index in [4.69, 9.17) is 0 Å². The Morgan fingerprint density at radius 1 is 1.58 bits per heavy atom. The second-order valence-corrected chi connectivity index (χ2v) is 5.88. The van der Waals surface area contributed by atoms with Crippen LogP contribution in [0.5, 0.6) is 0 Å². The van der Waals surface area contributed by atoms with Crippen molar-refractivity contribution < 1.29 is 14.7 Å². The minimum absolute atomic E-state index is 0.119. The number of hydrogen-bond acceptors (Lipinski definition) is 7. The number of aliphatic carboxylic acids is 1. The van der Waals surface area contributed by atoms with Crippen molar-refractivity contribution in [1.29, 1.82) is 0 Å². The molecular weight excluding hydrogens is 290 g/mol. The van der Waals surface area contributed by atoms with Crippen LogP contribution >= 0.6 is 23.3 Å². The number of carbonyl (C=O) groups excluding carboxylic acids is 1. The van der Waals surface area contributed by atoms with E-state index in [0.717, 1.165) is 24.4 Å². The number of urea groups is 1. The Bertz CT molecular complexity index is 455. The number of carboxylic acid groups (broad SMARTS) is 1. The van der Waals surface area contributed by atoms with E-state index in [1.54, 1.807) is 0 Å². The quantitative estimate of drug-likeness (QED) is 0.857. The van der Waals surface area contributed by atoms with Crippen molar-refractivity contribution in [3.8, 4) is 0 Å². The molecule has 1 aliphatic rings. The summed E-state index contributed by atoms with van der Waals surface area (Å²) in [7, 11) is 0. The van der Waals surface area contributed by atoms with Crippen LogP contribution in [0, 0.1) is 0 Å². The molecule has 104 valence electrons. The maximum atomic E-state index is 12.2. The standard InChI is InChI=1S/C9H13N5O3S2/c1-2-3-6-14(5(4-18-6)7(15)16)9(17)10-8-11-12-13-19-8/h5-6H,2-4H2,1H3,(H,15,16)(H,10,11,13,17). The minimum atomic E-state index is -0.989. The van der Waals surface area contributed by atoms with Crippen LogP contribution in [0.3, 0.4) is 0 Å². The van der Waals surface area contributed by atoms with Gasteiger partial charge in [-0.05, 0) is 11.6 Å². The Labute approximate surface area is 117 Å². The fourth-order valence-electron chi connectivity index (χ4n) is 1.83. The van der Waals surface area contributed by atoms with Gasteiger partial charge in [0.2, 0.25) is 5.13 Å². The summed E-state index contributed by atoms with van der Waals surface area (Å²) in [5.41, 5.74) is 0. The van der Waals surface area contributed by atoms with E-state index >= 15 is 0 Å². The topological polar surface area (TPSA) is 108 Å². The SMILES string of the molecule is CCCC1SCC(C(=O)O)N1C(=O)Nc1nnns1. The van der Waals surface area contributed by atoms with Gasteiger partial charge in [0.25, 0.3) is 0 Å². The van der Waals surface area contributed by atoms with Crippen LogP contribution in [-0.4, -0.2) is 54.0 Å². The fourth-order valence-corrected chi connectivity index (χ4v) is 3.70. The van der Waals surface area contributed by atoms with Crippen LogP contribution in [0.15, 0.2) is 0 Å². The second-order valence-electron chi connectivity index (χ2n) is 3.94. The smallest absolute Gasteiger partial charge is 0.327 e. The number of anilines is 1. The lowest BCUT2D eigenvalue weighted by Gasteiger charge is -2.26. The highest BCUT2D eigenvalue weighted by molar-refractivity contribution is 8.00. The van der Waals surface area contributed by atoms with Crippen LogP contribution in [0.25, 0.3) is 0 Å². The summed E-state index contributed by atoms with van der Waals surface area (Å²) in [5, 5.41) is 18.8. The van der Waals surface area contributed by atoms with E-state index in [0.29, 0.717) is 5.75 Å².